The molecular formula is C32H31N4+. The highest BCUT2D eigenvalue weighted by molar-refractivity contribution is 5.93. The van der Waals surface area contributed by atoms with E-state index in [9.17, 15) is 0 Å². The summed E-state index contributed by atoms with van der Waals surface area (Å²) in [7, 11) is 0. The summed E-state index contributed by atoms with van der Waals surface area (Å²) in [6, 6.07) is 38.9. The number of rotatable bonds is 5. The SMILES string of the molecule is Cc1cccc2nc(-c3ccccc3)nc(N3CC[NH+](C(c4ccccc4)c4ccccc4)CC3)c12. The van der Waals surface area contributed by atoms with E-state index in [4.69, 9.17) is 9.97 Å². The number of piperazine rings is 1. The zero-order chi connectivity index (χ0) is 24.3. The van der Waals surface area contributed by atoms with Gasteiger partial charge >= 0.3 is 0 Å². The summed E-state index contributed by atoms with van der Waals surface area (Å²) in [5.74, 6) is 1.86. The lowest BCUT2D eigenvalue weighted by atomic mass is 9.96. The number of fused-ring (bicyclic) bond motifs is 1. The third-order valence-electron chi connectivity index (χ3n) is 7.32. The molecule has 5 aromatic rings. The van der Waals surface area contributed by atoms with Crippen LogP contribution in [0.25, 0.3) is 22.3 Å². The summed E-state index contributed by atoms with van der Waals surface area (Å²) in [4.78, 5) is 14.2. The number of hydrogen-bond donors (Lipinski definition) is 1. The Balaban J connectivity index is 1.34. The van der Waals surface area contributed by atoms with Gasteiger partial charge in [-0.3, -0.25) is 0 Å². The van der Waals surface area contributed by atoms with Crippen molar-refractivity contribution >= 4 is 16.7 Å². The molecule has 1 N–H and O–H groups in total. The van der Waals surface area contributed by atoms with E-state index in [1.165, 1.54) is 22.1 Å². The Morgan fingerprint density at radius 2 is 1.25 bits per heavy atom. The van der Waals surface area contributed by atoms with E-state index in [2.05, 4.69) is 103 Å². The summed E-state index contributed by atoms with van der Waals surface area (Å²) >= 11 is 0. The van der Waals surface area contributed by atoms with Crippen LogP contribution in [0.1, 0.15) is 22.7 Å². The van der Waals surface area contributed by atoms with E-state index in [0.717, 1.165) is 48.9 Å². The summed E-state index contributed by atoms with van der Waals surface area (Å²) < 4.78 is 0. The first-order chi connectivity index (χ1) is 17.8. The Kier molecular flexibility index (Phi) is 6.18. The van der Waals surface area contributed by atoms with E-state index in [0.29, 0.717) is 6.04 Å². The van der Waals surface area contributed by atoms with Crippen LogP contribution in [0.5, 0.6) is 0 Å². The van der Waals surface area contributed by atoms with Gasteiger partial charge in [-0.15, -0.1) is 0 Å². The number of hydrogen-bond acceptors (Lipinski definition) is 3. The van der Waals surface area contributed by atoms with Crippen molar-refractivity contribution in [1.29, 1.82) is 0 Å². The molecule has 2 heterocycles. The summed E-state index contributed by atoms with van der Waals surface area (Å²) in [6.45, 7) is 6.18. The van der Waals surface area contributed by atoms with Gasteiger partial charge in [-0.05, 0) is 18.6 Å². The quantitative estimate of drug-likeness (QED) is 0.387. The zero-order valence-electron chi connectivity index (χ0n) is 20.6. The van der Waals surface area contributed by atoms with Crippen LogP contribution in [0.3, 0.4) is 0 Å². The van der Waals surface area contributed by atoms with E-state index >= 15 is 0 Å². The molecule has 0 atom stereocenters. The van der Waals surface area contributed by atoms with Crippen LogP contribution in [0.15, 0.2) is 109 Å². The standard InChI is InChI=1S/C32H30N4/c1-24-12-11-19-28-29(24)32(34-31(33-28)27-17-9-4-10-18-27)36-22-20-35(21-23-36)30(25-13-5-2-6-14-25)26-15-7-3-8-16-26/h2-19,30H,20-23H2,1H3/p+1. The van der Waals surface area contributed by atoms with Crippen LogP contribution in [-0.2, 0) is 0 Å². The van der Waals surface area contributed by atoms with E-state index in [1.807, 2.05) is 18.2 Å². The lowest BCUT2D eigenvalue weighted by Crippen LogP contribution is -3.15. The highest BCUT2D eigenvalue weighted by atomic mass is 15.3. The number of nitrogens with zero attached hydrogens (tertiary/aromatic N) is 3. The molecule has 4 aromatic carbocycles. The normalized spacial score (nSPS) is 14.4. The predicted molar refractivity (Wildman–Crippen MR) is 147 cm³/mol. The molecule has 4 heteroatoms. The first-order valence-electron chi connectivity index (χ1n) is 12.8. The molecule has 1 fully saturated rings. The van der Waals surface area contributed by atoms with Gasteiger partial charge in [0.05, 0.1) is 31.7 Å². The molecule has 0 saturated carbocycles. The second kappa shape index (κ2) is 9.92. The van der Waals surface area contributed by atoms with Crippen molar-refractivity contribution in [2.75, 3.05) is 31.1 Å². The van der Waals surface area contributed by atoms with Gasteiger partial charge in [-0.1, -0.05) is 103 Å². The van der Waals surface area contributed by atoms with Crippen LogP contribution in [0, 0.1) is 6.92 Å². The summed E-state index contributed by atoms with van der Waals surface area (Å²) in [5.41, 5.74) is 6.05. The minimum atomic E-state index is 0.332. The van der Waals surface area contributed by atoms with Gasteiger partial charge in [-0.2, -0.15) is 0 Å². The maximum absolute atomic E-state index is 5.15. The Morgan fingerprint density at radius 1 is 0.667 bits per heavy atom. The molecule has 0 amide bonds. The highest BCUT2D eigenvalue weighted by Gasteiger charge is 2.31. The van der Waals surface area contributed by atoms with Crippen molar-refractivity contribution < 1.29 is 4.90 Å². The lowest BCUT2D eigenvalue weighted by Gasteiger charge is -2.38. The number of aryl methyl sites for hydroxylation is 1. The average Bonchev–Trinajstić information content (AvgIpc) is 2.95. The monoisotopic (exact) mass is 471 g/mol. The number of quaternary nitrogens is 1. The molecule has 0 radical (unpaired) electrons. The van der Waals surface area contributed by atoms with Crippen molar-refractivity contribution in [1.82, 2.24) is 9.97 Å². The highest BCUT2D eigenvalue weighted by Crippen LogP contribution is 2.30. The minimum absolute atomic E-state index is 0.332. The first-order valence-corrected chi connectivity index (χ1v) is 12.8. The van der Waals surface area contributed by atoms with Gasteiger partial charge in [0.15, 0.2) is 5.82 Å². The Hall–Kier alpha value is -4.02. The van der Waals surface area contributed by atoms with Gasteiger partial charge in [0, 0.05) is 22.1 Å². The fourth-order valence-electron chi connectivity index (χ4n) is 5.53. The maximum atomic E-state index is 5.15. The Bertz CT molecular complexity index is 1400. The summed E-state index contributed by atoms with van der Waals surface area (Å²) in [5, 5.41) is 1.17. The number of benzene rings is 4. The molecule has 1 aliphatic heterocycles. The molecule has 0 aliphatic carbocycles. The second-order valence-electron chi connectivity index (χ2n) is 9.61. The fourth-order valence-corrected chi connectivity index (χ4v) is 5.53. The van der Waals surface area contributed by atoms with E-state index in [-0.39, 0.29) is 0 Å². The molecule has 1 saturated heterocycles. The Morgan fingerprint density at radius 3 is 1.86 bits per heavy atom. The molecule has 4 nitrogen and oxygen atoms in total. The van der Waals surface area contributed by atoms with Crippen molar-refractivity contribution in [3.8, 4) is 11.4 Å². The van der Waals surface area contributed by atoms with Crippen LogP contribution < -0.4 is 9.80 Å². The Labute approximate surface area is 212 Å². The lowest BCUT2D eigenvalue weighted by molar-refractivity contribution is -0.926. The third-order valence-corrected chi connectivity index (χ3v) is 7.32. The smallest absolute Gasteiger partial charge is 0.162 e. The predicted octanol–water partition coefficient (Wildman–Crippen LogP) is 5.10. The van der Waals surface area contributed by atoms with Crippen molar-refractivity contribution in [2.45, 2.75) is 13.0 Å². The molecule has 6 rings (SSSR count). The van der Waals surface area contributed by atoms with Crippen molar-refractivity contribution in [3.63, 3.8) is 0 Å². The fraction of sp³-hybridized carbons (Fsp3) is 0.188. The van der Waals surface area contributed by atoms with Crippen LogP contribution >= 0.6 is 0 Å². The minimum Gasteiger partial charge on any atom is -0.345 e. The molecule has 0 bridgehead atoms. The third kappa shape index (κ3) is 4.36. The number of nitrogens with one attached hydrogen (secondary N) is 1. The number of anilines is 1. The molecular weight excluding hydrogens is 440 g/mol. The zero-order valence-corrected chi connectivity index (χ0v) is 20.6. The largest absolute Gasteiger partial charge is 0.345 e. The molecule has 36 heavy (non-hydrogen) atoms. The van der Waals surface area contributed by atoms with Crippen molar-refractivity contribution in [3.05, 3.63) is 126 Å². The second-order valence-corrected chi connectivity index (χ2v) is 9.61. The molecule has 178 valence electrons. The van der Waals surface area contributed by atoms with Gasteiger partial charge in [0.1, 0.15) is 11.9 Å². The van der Waals surface area contributed by atoms with E-state index in [1.54, 1.807) is 4.90 Å². The molecule has 1 aliphatic rings. The average molecular weight is 472 g/mol. The molecule has 0 unspecified atom stereocenters. The van der Waals surface area contributed by atoms with Crippen LogP contribution in [-0.4, -0.2) is 36.1 Å². The van der Waals surface area contributed by atoms with Gasteiger partial charge in [0.2, 0.25) is 0 Å². The number of aromatic nitrogens is 2. The topological polar surface area (TPSA) is 33.5 Å². The first kappa shape index (κ1) is 22.4. The van der Waals surface area contributed by atoms with Crippen LogP contribution in [0.4, 0.5) is 5.82 Å². The summed E-state index contributed by atoms with van der Waals surface area (Å²) in [6.07, 6.45) is 0. The van der Waals surface area contributed by atoms with Gasteiger partial charge in [0.25, 0.3) is 0 Å². The molecule has 0 spiro atoms. The van der Waals surface area contributed by atoms with Gasteiger partial charge in [-0.25, -0.2) is 9.97 Å². The van der Waals surface area contributed by atoms with E-state index < -0.39 is 0 Å². The van der Waals surface area contributed by atoms with Gasteiger partial charge < -0.3 is 9.80 Å². The van der Waals surface area contributed by atoms with Crippen LogP contribution in [0.2, 0.25) is 0 Å². The van der Waals surface area contributed by atoms with Crippen molar-refractivity contribution in [2.24, 2.45) is 0 Å². The maximum Gasteiger partial charge on any atom is 0.162 e. The molecule has 1 aromatic heterocycles.